The predicted molar refractivity (Wildman–Crippen MR) is 103 cm³/mol. The summed E-state index contributed by atoms with van der Waals surface area (Å²) < 4.78 is 1.59. The van der Waals surface area contributed by atoms with Crippen LogP contribution in [0.4, 0.5) is 5.69 Å². The Labute approximate surface area is 165 Å². The van der Waals surface area contributed by atoms with Crippen molar-refractivity contribution in [2.75, 3.05) is 0 Å². The van der Waals surface area contributed by atoms with E-state index in [9.17, 15) is 19.7 Å². The molecule has 29 heavy (non-hydrogen) atoms. The van der Waals surface area contributed by atoms with E-state index in [2.05, 4.69) is 20.7 Å². The molecule has 1 aromatic carbocycles. The number of aromatic nitrogens is 3. The molecule has 0 saturated heterocycles. The standard InChI is InChI=1S/C19H18N6O4/c1-13(23-19(27)14-5-2-7-16(11-14)25(28)29)18(26)21-12-15-6-3-8-20-17(15)24-10-4-9-22-24/h2-11,13H,12H2,1H3,(H,21,26)(H,23,27)/t13-/m0/s1. The van der Waals surface area contributed by atoms with E-state index in [4.69, 9.17) is 0 Å². The number of carbonyl (C=O) groups excluding carboxylic acids is 2. The maximum atomic E-state index is 12.4. The first-order valence-corrected chi connectivity index (χ1v) is 8.72. The summed E-state index contributed by atoms with van der Waals surface area (Å²) in [6, 6.07) is 9.80. The first-order chi connectivity index (χ1) is 14.0. The van der Waals surface area contributed by atoms with Crippen LogP contribution in [0.25, 0.3) is 5.82 Å². The van der Waals surface area contributed by atoms with Crippen LogP contribution < -0.4 is 10.6 Å². The van der Waals surface area contributed by atoms with Gasteiger partial charge in [0.1, 0.15) is 6.04 Å². The van der Waals surface area contributed by atoms with Crippen LogP contribution in [0, 0.1) is 10.1 Å². The molecule has 3 aromatic rings. The van der Waals surface area contributed by atoms with Gasteiger partial charge in [0.2, 0.25) is 5.91 Å². The minimum Gasteiger partial charge on any atom is -0.350 e. The van der Waals surface area contributed by atoms with Gasteiger partial charge in [0.05, 0.1) is 4.92 Å². The molecule has 0 aliphatic carbocycles. The molecule has 0 radical (unpaired) electrons. The van der Waals surface area contributed by atoms with Crippen molar-refractivity contribution in [1.29, 1.82) is 0 Å². The molecule has 3 rings (SSSR count). The van der Waals surface area contributed by atoms with Gasteiger partial charge in [-0.2, -0.15) is 5.10 Å². The highest BCUT2D eigenvalue weighted by atomic mass is 16.6. The van der Waals surface area contributed by atoms with Crippen LogP contribution in [0.5, 0.6) is 0 Å². The second-order valence-corrected chi connectivity index (χ2v) is 6.16. The van der Waals surface area contributed by atoms with Crippen LogP contribution in [0.15, 0.2) is 61.1 Å². The van der Waals surface area contributed by atoms with Crippen molar-refractivity contribution in [3.63, 3.8) is 0 Å². The maximum absolute atomic E-state index is 12.4. The third kappa shape index (κ3) is 4.80. The van der Waals surface area contributed by atoms with Gasteiger partial charge in [-0.05, 0) is 25.1 Å². The van der Waals surface area contributed by atoms with Gasteiger partial charge >= 0.3 is 0 Å². The number of pyridine rings is 1. The van der Waals surface area contributed by atoms with E-state index in [1.807, 2.05) is 6.07 Å². The van der Waals surface area contributed by atoms with Crippen molar-refractivity contribution in [3.8, 4) is 5.82 Å². The van der Waals surface area contributed by atoms with Gasteiger partial charge in [0, 0.05) is 48.4 Å². The van der Waals surface area contributed by atoms with Gasteiger partial charge in [-0.15, -0.1) is 0 Å². The van der Waals surface area contributed by atoms with Crippen molar-refractivity contribution in [2.45, 2.75) is 19.5 Å². The summed E-state index contributed by atoms with van der Waals surface area (Å²) >= 11 is 0. The summed E-state index contributed by atoms with van der Waals surface area (Å²) in [4.78, 5) is 39.2. The van der Waals surface area contributed by atoms with Gasteiger partial charge in [-0.1, -0.05) is 12.1 Å². The summed E-state index contributed by atoms with van der Waals surface area (Å²) in [5.74, 6) is -0.389. The number of nitro groups is 1. The Morgan fingerprint density at radius 1 is 1.21 bits per heavy atom. The van der Waals surface area contributed by atoms with Gasteiger partial charge in [0.25, 0.3) is 11.6 Å². The van der Waals surface area contributed by atoms with Crippen molar-refractivity contribution in [2.24, 2.45) is 0 Å². The molecule has 0 fully saturated rings. The van der Waals surface area contributed by atoms with E-state index in [0.29, 0.717) is 5.82 Å². The monoisotopic (exact) mass is 394 g/mol. The number of hydrogen-bond donors (Lipinski definition) is 2. The molecule has 0 aliphatic rings. The minimum atomic E-state index is -0.841. The van der Waals surface area contributed by atoms with Crippen molar-refractivity contribution in [3.05, 3.63) is 82.3 Å². The van der Waals surface area contributed by atoms with Gasteiger partial charge < -0.3 is 10.6 Å². The summed E-state index contributed by atoms with van der Waals surface area (Å²) in [5.41, 5.74) is 0.659. The fourth-order valence-electron chi connectivity index (χ4n) is 2.61. The maximum Gasteiger partial charge on any atom is 0.270 e. The molecule has 1 atom stereocenters. The van der Waals surface area contributed by atoms with Crippen LogP contribution >= 0.6 is 0 Å². The highest BCUT2D eigenvalue weighted by Crippen LogP contribution is 2.13. The van der Waals surface area contributed by atoms with E-state index in [1.54, 1.807) is 35.4 Å². The van der Waals surface area contributed by atoms with E-state index >= 15 is 0 Å². The van der Waals surface area contributed by atoms with E-state index < -0.39 is 22.8 Å². The normalized spacial score (nSPS) is 11.5. The van der Waals surface area contributed by atoms with Crippen LogP contribution in [-0.4, -0.2) is 37.5 Å². The Hall–Kier alpha value is -4.08. The average molecular weight is 394 g/mol. The zero-order valence-electron chi connectivity index (χ0n) is 15.5. The lowest BCUT2D eigenvalue weighted by atomic mass is 10.1. The molecule has 2 heterocycles. The van der Waals surface area contributed by atoms with E-state index in [-0.39, 0.29) is 17.8 Å². The number of nitrogens with zero attached hydrogens (tertiary/aromatic N) is 4. The topological polar surface area (TPSA) is 132 Å². The SMILES string of the molecule is C[C@H](NC(=O)c1cccc([N+](=O)[O-])c1)C(=O)NCc1cccnc1-n1cccn1. The third-order valence-corrected chi connectivity index (χ3v) is 4.10. The average Bonchev–Trinajstić information content (AvgIpc) is 3.26. The zero-order valence-corrected chi connectivity index (χ0v) is 15.5. The molecule has 148 valence electrons. The molecular weight excluding hydrogens is 376 g/mol. The minimum absolute atomic E-state index is 0.104. The number of hydrogen-bond acceptors (Lipinski definition) is 6. The quantitative estimate of drug-likeness (QED) is 0.462. The Morgan fingerprint density at radius 3 is 2.76 bits per heavy atom. The number of carbonyl (C=O) groups is 2. The highest BCUT2D eigenvalue weighted by Gasteiger charge is 2.18. The lowest BCUT2D eigenvalue weighted by molar-refractivity contribution is -0.384. The van der Waals surface area contributed by atoms with Crippen molar-refractivity contribution >= 4 is 17.5 Å². The highest BCUT2D eigenvalue weighted by molar-refractivity contribution is 5.97. The molecule has 2 N–H and O–H groups in total. The Balaban J connectivity index is 1.61. The van der Waals surface area contributed by atoms with Gasteiger partial charge in [0.15, 0.2) is 5.82 Å². The molecule has 10 nitrogen and oxygen atoms in total. The first-order valence-electron chi connectivity index (χ1n) is 8.72. The molecule has 0 unspecified atom stereocenters. The molecule has 0 saturated carbocycles. The smallest absolute Gasteiger partial charge is 0.270 e. The van der Waals surface area contributed by atoms with Crippen LogP contribution in [0.1, 0.15) is 22.8 Å². The van der Waals surface area contributed by atoms with Crippen molar-refractivity contribution < 1.29 is 14.5 Å². The molecular formula is C19H18N6O4. The van der Waals surface area contributed by atoms with Crippen LogP contribution in [0.3, 0.4) is 0 Å². The van der Waals surface area contributed by atoms with Crippen molar-refractivity contribution in [1.82, 2.24) is 25.4 Å². The number of nitro benzene ring substituents is 1. The number of rotatable bonds is 7. The number of nitrogens with one attached hydrogen (secondary N) is 2. The molecule has 0 spiro atoms. The Morgan fingerprint density at radius 2 is 2.03 bits per heavy atom. The number of benzene rings is 1. The molecule has 0 bridgehead atoms. The zero-order chi connectivity index (χ0) is 20.8. The summed E-state index contributed by atoms with van der Waals surface area (Å²) in [5, 5.41) is 20.3. The largest absolute Gasteiger partial charge is 0.350 e. The van der Waals surface area contributed by atoms with Crippen LogP contribution in [0.2, 0.25) is 0 Å². The van der Waals surface area contributed by atoms with Crippen LogP contribution in [-0.2, 0) is 11.3 Å². The molecule has 0 aliphatic heterocycles. The molecule has 2 aromatic heterocycles. The summed E-state index contributed by atoms with van der Waals surface area (Å²) in [7, 11) is 0. The lowest BCUT2D eigenvalue weighted by Gasteiger charge is -2.15. The van der Waals surface area contributed by atoms with E-state index in [1.165, 1.54) is 25.1 Å². The molecule has 10 heteroatoms. The second kappa shape index (κ2) is 8.74. The Kier molecular flexibility index (Phi) is 5.93. The fraction of sp³-hybridized carbons (Fsp3) is 0.158. The number of non-ortho nitro benzene ring substituents is 1. The lowest BCUT2D eigenvalue weighted by Crippen LogP contribution is -2.44. The van der Waals surface area contributed by atoms with E-state index in [0.717, 1.165) is 11.6 Å². The second-order valence-electron chi connectivity index (χ2n) is 6.16. The fourth-order valence-corrected chi connectivity index (χ4v) is 2.61. The third-order valence-electron chi connectivity index (χ3n) is 4.10. The summed E-state index contributed by atoms with van der Waals surface area (Å²) in [6.45, 7) is 1.72. The molecule has 2 amide bonds. The van der Waals surface area contributed by atoms with Gasteiger partial charge in [-0.3, -0.25) is 19.7 Å². The summed E-state index contributed by atoms with van der Waals surface area (Å²) in [6.07, 6.45) is 5.00. The Bertz CT molecular complexity index is 1030. The first kappa shape index (κ1) is 19.7. The number of amides is 2. The van der Waals surface area contributed by atoms with Gasteiger partial charge in [-0.25, -0.2) is 9.67 Å². The predicted octanol–water partition coefficient (Wildman–Crippen LogP) is 1.61.